The minimum atomic E-state index is -6.29. The van der Waals surface area contributed by atoms with Crippen LogP contribution in [-0.4, -0.2) is 28.3 Å². The lowest BCUT2D eigenvalue weighted by Gasteiger charge is -2.20. The van der Waals surface area contributed by atoms with Crippen LogP contribution in [0.2, 0.25) is 0 Å². The summed E-state index contributed by atoms with van der Waals surface area (Å²) >= 11 is 0. The maximum Gasteiger partial charge on any atom is 0.512 e. The van der Waals surface area contributed by atoms with Gasteiger partial charge in [0.05, 0.1) is 21.9 Å². The highest BCUT2D eigenvalue weighted by Gasteiger charge is 2.48. The molecule has 0 saturated carbocycles. The number of sulfonamides is 2. The molecule has 0 bridgehead atoms. The molecule has 4 aromatic carbocycles. The Labute approximate surface area is 322 Å². The fourth-order valence-electron chi connectivity index (χ4n) is 6.20. The highest BCUT2D eigenvalue weighted by atomic mass is 32.3. The van der Waals surface area contributed by atoms with Crippen LogP contribution in [-0.2, 0) is 36.2 Å². The fraction of sp³-hybridized carbons (Fsp3) is 0.220. The molecular weight excluding hydrogens is 768 g/mol. The van der Waals surface area contributed by atoms with E-state index in [0.29, 0.717) is 34.1 Å². The molecule has 1 heterocycles. The molecule has 56 heavy (non-hydrogen) atoms. The second-order valence-electron chi connectivity index (χ2n) is 13.4. The van der Waals surface area contributed by atoms with Crippen molar-refractivity contribution in [1.82, 2.24) is 4.13 Å². The van der Waals surface area contributed by atoms with E-state index >= 15 is 0 Å². The Bertz CT molecular complexity index is 2730. The molecule has 1 aliphatic carbocycles. The predicted molar refractivity (Wildman–Crippen MR) is 208 cm³/mol. The number of hydrogen-bond donors (Lipinski definition) is 2. The lowest BCUT2D eigenvalue weighted by Crippen LogP contribution is -2.40. The lowest BCUT2D eigenvalue weighted by atomic mass is 9.93. The van der Waals surface area contributed by atoms with Crippen molar-refractivity contribution in [2.45, 2.75) is 58.1 Å². The number of fused-ring (bicyclic) bond motifs is 2. The van der Waals surface area contributed by atoms with Gasteiger partial charge in [0.2, 0.25) is 0 Å². The van der Waals surface area contributed by atoms with Gasteiger partial charge in [-0.15, -0.1) is 0 Å². The molecule has 0 aromatic heterocycles. The van der Waals surface area contributed by atoms with E-state index < -0.39 is 30.5 Å². The molecule has 0 amide bonds. The molecule has 0 spiro atoms. The van der Waals surface area contributed by atoms with Crippen molar-refractivity contribution in [3.05, 3.63) is 125 Å². The number of alkyl halides is 3. The summed E-state index contributed by atoms with van der Waals surface area (Å²) in [5.41, 5.74) is 0.351. The summed E-state index contributed by atoms with van der Waals surface area (Å²) in [5, 5.41) is 4.27. The molecule has 4 aromatic rings. The molecule has 2 N–H and O–H groups in total. The number of anilines is 2. The Balaban J connectivity index is 1.55. The summed E-state index contributed by atoms with van der Waals surface area (Å²) in [6, 6.07) is 26.6. The molecule has 1 aliphatic heterocycles. The number of carbonyl (C=O) groups excluding carboxylic acids is 1. The van der Waals surface area contributed by atoms with Crippen molar-refractivity contribution < 1.29 is 44.0 Å². The van der Waals surface area contributed by atoms with Gasteiger partial charge in [0.25, 0.3) is 10.0 Å². The zero-order chi connectivity index (χ0) is 40.6. The number of para-hydroxylation sites is 2. The topological polar surface area (TPSA) is 144 Å². The highest BCUT2D eigenvalue weighted by molar-refractivity contribution is 8.05. The third kappa shape index (κ3) is 8.20. The predicted octanol–water partition coefficient (Wildman–Crippen LogP) is 9.32. The molecule has 292 valence electrons. The van der Waals surface area contributed by atoms with E-state index in [0.717, 1.165) is 38.1 Å². The van der Waals surface area contributed by atoms with Crippen molar-refractivity contribution in [2.24, 2.45) is 10.9 Å². The van der Waals surface area contributed by atoms with Crippen molar-refractivity contribution in [3.63, 3.8) is 0 Å². The normalized spacial score (nSPS) is 13.2. The van der Waals surface area contributed by atoms with Crippen molar-refractivity contribution >= 4 is 54.0 Å². The van der Waals surface area contributed by atoms with Gasteiger partial charge in [-0.3, -0.25) is 4.79 Å². The number of nitrogens with zero attached hydrogens (tertiary/aromatic N) is 1. The molecule has 15 heteroatoms. The molecule has 0 saturated heterocycles. The van der Waals surface area contributed by atoms with E-state index in [1.54, 1.807) is 43.3 Å². The number of halogens is 3. The van der Waals surface area contributed by atoms with Crippen LogP contribution in [0.1, 0.15) is 42.5 Å². The van der Waals surface area contributed by atoms with Gasteiger partial charge in [-0.05, 0) is 74.2 Å². The molecular formula is C41H38F3N3O7S2. The van der Waals surface area contributed by atoms with Gasteiger partial charge < -0.3 is 14.5 Å². The minimum Gasteiger partial charge on any atom is -0.461 e. The smallest absolute Gasteiger partial charge is 0.461 e. The van der Waals surface area contributed by atoms with E-state index in [2.05, 4.69) is 5.32 Å². The first-order valence-electron chi connectivity index (χ1n) is 17.5. The quantitative estimate of drug-likeness (QED) is 0.0974. The number of hydrogen-bond acceptors (Lipinski definition) is 9. The minimum absolute atomic E-state index is 0.0237. The molecule has 10 nitrogen and oxygen atoms in total. The van der Waals surface area contributed by atoms with Gasteiger partial charge >= 0.3 is 21.5 Å². The van der Waals surface area contributed by atoms with E-state index in [1.165, 1.54) is 18.2 Å². The molecule has 1 unspecified atom stereocenters. The van der Waals surface area contributed by atoms with E-state index in [4.69, 9.17) is 14.1 Å². The van der Waals surface area contributed by atoms with Crippen LogP contribution in [0, 0.1) is 26.7 Å². The first-order valence-corrected chi connectivity index (χ1v) is 20.4. The zero-order valence-electron chi connectivity index (χ0n) is 31.0. The second-order valence-corrected chi connectivity index (χ2v) is 17.0. The average Bonchev–Trinajstić information content (AvgIpc) is 3.14. The second kappa shape index (κ2) is 15.6. The zero-order valence-corrected chi connectivity index (χ0v) is 32.6. The van der Waals surface area contributed by atoms with Crippen LogP contribution in [0.15, 0.2) is 111 Å². The summed E-state index contributed by atoms with van der Waals surface area (Å²) in [7, 11) is -11.6. The Morgan fingerprint density at radius 3 is 2.21 bits per heavy atom. The van der Waals surface area contributed by atoms with Gasteiger partial charge in [-0.2, -0.15) is 13.2 Å². The van der Waals surface area contributed by atoms with Gasteiger partial charge in [-0.25, -0.2) is 21.8 Å². The molecule has 2 aliphatic rings. The maximum atomic E-state index is 13.5. The van der Waals surface area contributed by atoms with Crippen molar-refractivity contribution in [3.8, 4) is 22.5 Å². The number of benzene rings is 5. The van der Waals surface area contributed by atoms with Crippen molar-refractivity contribution in [1.29, 1.82) is 0 Å². The van der Waals surface area contributed by atoms with E-state index in [1.807, 2.05) is 64.1 Å². The summed E-state index contributed by atoms with van der Waals surface area (Å²) in [6.45, 7) is 9.47. The Morgan fingerprint density at radius 1 is 0.839 bits per heavy atom. The largest absolute Gasteiger partial charge is 0.512 e. The summed E-state index contributed by atoms with van der Waals surface area (Å²) in [4.78, 5) is 16.6. The molecule has 0 fully saturated rings. The Morgan fingerprint density at radius 2 is 1.52 bits per heavy atom. The number of nitrogens with one attached hydrogen (secondary N) is 2. The maximum absolute atomic E-state index is 13.5. The first kappa shape index (κ1) is 40.2. The third-order valence-electron chi connectivity index (χ3n) is 9.37. The molecule has 6 rings (SSSR count). The molecule has 0 radical (unpaired) electrons. The first-order chi connectivity index (χ1) is 26.4. The average molecular weight is 806 g/mol. The SMILES string of the molecule is CCC(C)C(=O)OCc1cccc(C)c1Nc1ccc2c(-c3ccccc3S(=O)(=O)NS(=O)(=O)C(F)(F)F)c3ccc(=Nc4c(C)cccc4C)cc-3oc2c1. The van der Waals surface area contributed by atoms with Crippen LogP contribution in [0.4, 0.5) is 30.2 Å². The Kier molecular flexibility index (Phi) is 11.2. The van der Waals surface area contributed by atoms with Gasteiger partial charge in [0.15, 0.2) is 0 Å². The molecule has 1 atom stereocenters. The van der Waals surface area contributed by atoms with E-state index in [9.17, 15) is 34.8 Å². The van der Waals surface area contributed by atoms with Crippen LogP contribution >= 0.6 is 0 Å². The van der Waals surface area contributed by atoms with Gasteiger partial charge in [0, 0.05) is 51.1 Å². The van der Waals surface area contributed by atoms with Crippen molar-refractivity contribution in [2.75, 3.05) is 5.32 Å². The lowest BCUT2D eigenvalue weighted by molar-refractivity contribution is -0.149. The fourth-order valence-corrected chi connectivity index (χ4v) is 8.81. The standard InChI is InChI=1S/C41H38F3N3O7S2/c1-6-24(2)40(48)53-23-28-14-10-13-27(5)39(28)46-30-18-20-32-35(22-30)54-34-21-29(45-38-25(3)11-9-12-26(38)4)17-19-31(34)37(32)33-15-7-8-16-36(33)55(49,50)47-56(51,52)41(42,43)44/h7-22,24,46-47H,6,23H2,1-5H3. The van der Waals surface area contributed by atoms with Crippen LogP contribution in [0.5, 0.6) is 0 Å². The number of carbonyl (C=O) groups is 1. The van der Waals surface area contributed by atoms with E-state index in [-0.39, 0.29) is 41.0 Å². The Hall–Kier alpha value is -5.51. The number of ether oxygens (including phenoxy) is 1. The monoisotopic (exact) mass is 805 g/mol. The number of aryl methyl sites for hydroxylation is 3. The number of rotatable bonds is 11. The van der Waals surface area contributed by atoms with Crippen LogP contribution in [0.25, 0.3) is 33.4 Å². The summed E-state index contributed by atoms with van der Waals surface area (Å²) < 4.78 is 104. The van der Waals surface area contributed by atoms with Crippen LogP contribution < -0.4 is 14.8 Å². The van der Waals surface area contributed by atoms with Gasteiger partial charge in [0.1, 0.15) is 18.0 Å². The summed E-state index contributed by atoms with van der Waals surface area (Å²) in [5.74, 6) is -0.323. The van der Waals surface area contributed by atoms with Crippen LogP contribution in [0.3, 0.4) is 0 Å². The summed E-state index contributed by atoms with van der Waals surface area (Å²) in [6.07, 6.45) is 0.635. The van der Waals surface area contributed by atoms with Gasteiger partial charge in [-0.1, -0.05) is 72.6 Å². The third-order valence-corrected chi connectivity index (χ3v) is 12.7. The highest BCUT2D eigenvalue weighted by Crippen LogP contribution is 2.43. The number of esters is 1.